The highest BCUT2D eigenvalue weighted by Gasteiger charge is 2.16. The Morgan fingerprint density at radius 1 is 1.59 bits per heavy atom. The van der Waals surface area contributed by atoms with E-state index in [2.05, 4.69) is 20.0 Å². The summed E-state index contributed by atoms with van der Waals surface area (Å²) >= 11 is 0. The maximum Gasteiger partial charge on any atom is 0.376 e. The first-order chi connectivity index (χ1) is 7.98. The first-order valence-corrected chi connectivity index (χ1v) is 5.24. The maximum atomic E-state index is 11.2. The number of nitrogens with one attached hydrogen (secondary N) is 1. The molecule has 1 aromatic rings. The predicted octanol–water partition coefficient (Wildman–Crippen LogP) is 0.694. The van der Waals surface area contributed by atoms with E-state index in [9.17, 15) is 4.79 Å². The highest BCUT2D eigenvalue weighted by Crippen LogP contribution is 2.14. The number of aliphatic hydroxyl groups is 1. The van der Waals surface area contributed by atoms with Crippen LogP contribution >= 0.6 is 0 Å². The van der Waals surface area contributed by atoms with Crippen LogP contribution in [0.2, 0.25) is 0 Å². The van der Waals surface area contributed by atoms with Crippen LogP contribution in [-0.2, 0) is 4.74 Å². The summed E-state index contributed by atoms with van der Waals surface area (Å²) in [6, 6.07) is 1.65. The number of rotatable bonds is 5. The molecule has 2 N–H and O–H groups in total. The number of hydrogen-bond acceptors (Lipinski definition) is 6. The molecule has 1 heterocycles. The maximum absolute atomic E-state index is 11.2. The molecule has 94 valence electrons. The van der Waals surface area contributed by atoms with E-state index in [1.165, 1.54) is 13.3 Å². The molecule has 17 heavy (non-hydrogen) atoms. The van der Waals surface area contributed by atoms with Gasteiger partial charge in [0.15, 0.2) is 0 Å². The van der Waals surface area contributed by atoms with Crippen molar-refractivity contribution in [2.24, 2.45) is 5.41 Å². The number of anilines is 1. The first kappa shape index (κ1) is 13.4. The number of ether oxygens (including phenoxy) is 1. The Kier molecular flexibility index (Phi) is 4.39. The van der Waals surface area contributed by atoms with Crippen molar-refractivity contribution in [3.63, 3.8) is 0 Å². The Hall–Kier alpha value is -1.69. The minimum atomic E-state index is -0.574. The third-order valence-corrected chi connectivity index (χ3v) is 2.20. The lowest BCUT2D eigenvalue weighted by atomic mass is 9.95. The largest absolute Gasteiger partial charge is 0.463 e. The Morgan fingerprint density at radius 3 is 2.88 bits per heavy atom. The summed E-state index contributed by atoms with van der Waals surface area (Å²) < 4.78 is 4.53. The molecule has 0 saturated carbocycles. The number of carbonyl (C=O) groups is 1. The summed E-state index contributed by atoms with van der Waals surface area (Å²) in [6.45, 7) is 4.45. The zero-order valence-corrected chi connectivity index (χ0v) is 10.2. The van der Waals surface area contributed by atoms with E-state index >= 15 is 0 Å². The number of nitrogens with zero attached hydrogens (tertiary/aromatic N) is 2. The molecule has 0 amide bonds. The SMILES string of the molecule is COC(=O)c1nccc(NCC(C)(C)CO)n1. The molecule has 0 radical (unpaired) electrons. The van der Waals surface area contributed by atoms with E-state index in [-0.39, 0.29) is 17.8 Å². The van der Waals surface area contributed by atoms with Gasteiger partial charge in [0, 0.05) is 24.8 Å². The molecule has 1 aromatic heterocycles. The molecule has 0 atom stereocenters. The van der Waals surface area contributed by atoms with Crippen LogP contribution in [0, 0.1) is 5.41 Å². The van der Waals surface area contributed by atoms with Gasteiger partial charge < -0.3 is 15.2 Å². The fraction of sp³-hybridized carbons (Fsp3) is 0.545. The van der Waals surface area contributed by atoms with Crippen LogP contribution < -0.4 is 5.32 Å². The zero-order valence-electron chi connectivity index (χ0n) is 10.2. The van der Waals surface area contributed by atoms with E-state index in [1.54, 1.807) is 6.07 Å². The van der Waals surface area contributed by atoms with E-state index in [0.29, 0.717) is 12.4 Å². The van der Waals surface area contributed by atoms with E-state index in [0.717, 1.165) is 0 Å². The summed E-state index contributed by atoms with van der Waals surface area (Å²) in [4.78, 5) is 19.0. The average molecular weight is 239 g/mol. The van der Waals surface area contributed by atoms with Crippen LogP contribution in [0.4, 0.5) is 5.82 Å². The number of esters is 1. The predicted molar refractivity (Wildman–Crippen MR) is 62.7 cm³/mol. The summed E-state index contributed by atoms with van der Waals surface area (Å²) in [5.74, 6) is -0.0312. The van der Waals surface area contributed by atoms with Crippen LogP contribution in [0.15, 0.2) is 12.3 Å². The number of carbonyl (C=O) groups excluding carboxylic acids is 1. The molecule has 0 fully saturated rings. The second-order valence-electron chi connectivity index (χ2n) is 4.43. The monoisotopic (exact) mass is 239 g/mol. The number of aromatic nitrogens is 2. The first-order valence-electron chi connectivity index (χ1n) is 5.24. The molecular formula is C11H17N3O3. The number of aliphatic hydroxyl groups excluding tert-OH is 1. The molecule has 1 rings (SSSR count). The summed E-state index contributed by atoms with van der Waals surface area (Å²) in [7, 11) is 1.28. The molecule has 0 aliphatic rings. The summed E-state index contributed by atoms with van der Waals surface area (Å²) in [6.07, 6.45) is 1.48. The fourth-order valence-electron chi connectivity index (χ4n) is 1.03. The normalized spacial score (nSPS) is 11.1. The van der Waals surface area contributed by atoms with Gasteiger partial charge in [-0.3, -0.25) is 0 Å². The van der Waals surface area contributed by atoms with Crippen LogP contribution in [0.3, 0.4) is 0 Å². The zero-order chi connectivity index (χ0) is 12.9. The Bertz CT molecular complexity index is 393. The average Bonchev–Trinajstić information content (AvgIpc) is 2.36. The van der Waals surface area contributed by atoms with Gasteiger partial charge in [-0.05, 0) is 6.07 Å². The lowest BCUT2D eigenvalue weighted by Crippen LogP contribution is -2.27. The standard InChI is InChI=1S/C11H17N3O3/c1-11(2,7-15)6-13-8-4-5-12-9(14-8)10(16)17-3/h4-5,15H,6-7H2,1-3H3,(H,12,13,14). The van der Waals surface area contributed by atoms with Crippen molar-refractivity contribution < 1.29 is 14.6 Å². The quantitative estimate of drug-likeness (QED) is 0.735. The van der Waals surface area contributed by atoms with Crippen molar-refractivity contribution >= 4 is 11.8 Å². The molecule has 0 bridgehead atoms. The molecule has 0 aliphatic carbocycles. The third-order valence-electron chi connectivity index (χ3n) is 2.20. The second kappa shape index (κ2) is 5.58. The van der Waals surface area contributed by atoms with Gasteiger partial charge in [0.25, 0.3) is 0 Å². The van der Waals surface area contributed by atoms with Gasteiger partial charge in [-0.1, -0.05) is 13.8 Å². The highest BCUT2D eigenvalue weighted by molar-refractivity contribution is 5.85. The molecule has 0 saturated heterocycles. The molecule has 6 heteroatoms. The van der Waals surface area contributed by atoms with E-state index in [1.807, 2.05) is 13.8 Å². The molecular weight excluding hydrogens is 222 g/mol. The van der Waals surface area contributed by atoms with Crippen LogP contribution in [0.5, 0.6) is 0 Å². The molecule has 0 aliphatic heterocycles. The summed E-state index contributed by atoms with van der Waals surface area (Å²) in [5.41, 5.74) is -0.254. The number of methoxy groups -OCH3 is 1. The van der Waals surface area contributed by atoms with Gasteiger partial charge in [0.05, 0.1) is 7.11 Å². The van der Waals surface area contributed by atoms with Crippen LogP contribution in [0.25, 0.3) is 0 Å². The second-order valence-corrected chi connectivity index (χ2v) is 4.43. The van der Waals surface area contributed by atoms with Crippen molar-refractivity contribution in [3.05, 3.63) is 18.1 Å². The van der Waals surface area contributed by atoms with Crippen molar-refractivity contribution in [1.29, 1.82) is 0 Å². The van der Waals surface area contributed by atoms with Gasteiger partial charge >= 0.3 is 5.97 Å². The highest BCUT2D eigenvalue weighted by atomic mass is 16.5. The van der Waals surface area contributed by atoms with Gasteiger partial charge in [-0.2, -0.15) is 0 Å². The van der Waals surface area contributed by atoms with Crippen molar-refractivity contribution in [1.82, 2.24) is 9.97 Å². The Balaban J connectivity index is 2.70. The van der Waals surface area contributed by atoms with Crippen LogP contribution in [-0.4, -0.2) is 41.3 Å². The van der Waals surface area contributed by atoms with Gasteiger partial charge in [0.1, 0.15) is 5.82 Å². The molecule has 0 aromatic carbocycles. The molecule has 0 spiro atoms. The topological polar surface area (TPSA) is 84.3 Å². The lowest BCUT2D eigenvalue weighted by molar-refractivity contribution is 0.0587. The van der Waals surface area contributed by atoms with Crippen molar-refractivity contribution in [3.8, 4) is 0 Å². The smallest absolute Gasteiger partial charge is 0.376 e. The summed E-state index contributed by atoms with van der Waals surface area (Å²) in [5, 5.41) is 12.1. The third kappa shape index (κ3) is 3.99. The van der Waals surface area contributed by atoms with E-state index in [4.69, 9.17) is 5.11 Å². The van der Waals surface area contributed by atoms with Gasteiger partial charge in [0.2, 0.25) is 5.82 Å². The minimum Gasteiger partial charge on any atom is -0.463 e. The Labute approximate surface area is 100 Å². The van der Waals surface area contributed by atoms with Crippen LogP contribution in [0.1, 0.15) is 24.5 Å². The van der Waals surface area contributed by atoms with Gasteiger partial charge in [-0.15, -0.1) is 0 Å². The molecule has 0 unspecified atom stereocenters. The molecule has 6 nitrogen and oxygen atoms in total. The van der Waals surface area contributed by atoms with Gasteiger partial charge in [-0.25, -0.2) is 14.8 Å². The van der Waals surface area contributed by atoms with Crippen molar-refractivity contribution in [2.75, 3.05) is 25.6 Å². The lowest BCUT2D eigenvalue weighted by Gasteiger charge is -2.22. The Morgan fingerprint density at radius 2 is 2.29 bits per heavy atom. The minimum absolute atomic E-state index is 0.0132. The fourth-order valence-corrected chi connectivity index (χ4v) is 1.03. The number of hydrogen-bond donors (Lipinski definition) is 2. The van der Waals surface area contributed by atoms with E-state index < -0.39 is 5.97 Å². The van der Waals surface area contributed by atoms with Crippen molar-refractivity contribution in [2.45, 2.75) is 13.8 Å².